The Labute approximate surface area is 247 Å². The molecule has 43 heavy (non-hydrogen) atoms. The third-order valence-corrected chi connectivity index (χ3v) is 8.46. The van der Waals surface area contributed by atoms with E-state index in [0.717, 1.165) is 72.1 Å². The van der Waals surface area contributed by atoms with E-state index in [4.69, 9.17) is 8.83 Å². The molecule has 0 atom stereocenters. The molecule has 0 amide bonds. The molecule has 0 unspecified atom stereocenters. The molecule has 0 saturated heterocycles. The number of para-hydroxylation sites is 3. The van der Waals surface area contributed by atoms with Crippen molar-refractivity contribution in [2.75, 3.05) is 4.90 Å². The van der Waals surface area contributed by atoms with Gasteiger partial charge >= 0.3 is 0 Å². The largest absolute Gasteiger partial charge is 0.456 e. The average Bonchev–Trinajstić information content (AvgIpc) is 3.63. The molecule has 0 N–H and O–H groups in total. The van der Waals surface area contributed by atoms with Gasteiger partial charge in [0.1, 0.15) is 22.3 Å². The third kappa shape index (κ3) is 3.75. The molecule has 0 bridgehead atoms. The van der Waals surface area contributed by atoms with Gasteiger partial charge in [0, 0.05) is 44.2 Å². The molecule has 0 radical (unpaired) electrons. The van der Waals surface area contributed by atoms with E-state index in [1.807, 2.05) is 24.3 Å². The smallest absolute Gasteiger partial charge is 0.137 e. The zero-order valence-electron chi connectivity index (χ0n) is 23.2. The highest BCUT2D eigenvalue weighted by atomic mass is 16.3. The highest BCUT2D eigenvalue weighted by molar-refractivity contribution is 6.09. The van der Waals surface area contributed by atoms with Crippen molar-refractivity contribution >= 4 is 71.7 Å². The lowest BCUT2D eigenvalue weighted by Crippen LogP contribution is -2.11. The summed E-state index contributed by atoms with van der Waals surface area (Å²) in [6.45, 7) is 0. The number of rotatable bonds is 4. The van der Waals surface area contributed by atoms with E-state index in [-0.39, 0.29) is 0 Å². The predicted octanol–water partition coefficient (Wildman–Crippen LogP) is 11.8. The van der Waals surface area contributed by atoms with Crippen molar-refractivity contribution in [3.8, 4) is 11.1 Å². The fourth-order valence-corrected chi connectivity index (χ4v) is 6.47. The molecule has 0 spiro atoms. The Morgan fingerprint density at radius 2 is 0.930 bits per heavy atom. The van der Waals surface area contributed by atoms with Gasteiger partial charge in [0.25, 0.3) is 0 Å². The summed E-state index contributed by atoms with van der Waals surface area (Å²) < 4.78 is 12.6. The summed E-state index contributed by atoms with van der Waals surface area (Å²) in [6.07, 6.45) is 0. The van der Waals surface area contributed by atoms with Gasteiger partial charge in [-0.15, -0.1) is 0 Å². The van der Waals surface area contributed by atoms with Crippen LogP contribution in [0.25, 0.3) is 65.8 Å². The second-order valence-electron chi connectivity index (χ2n) is 10.9. The van der Waals surface area contributed by atoms with Crippen LogP contribution in [-0.4, -0.2) is 0 Å². The first-order valence-electron chi connectivity index (χ1n) is 14.5. The number of nitrogens with zero attached hydrogens (tertiary/aromatic N) is 1. The van der Waals surface area contributed by atoms with Crippen molar-refractivity contribution in [3.05, 3.63) is 152 Å². The van der Waals surface area contributed by atoms with Crippen molar-refractivity contribution < 1.29 is 8.83 Å². The van der Waals surface area contributed by atoms with Crippen LogP contribution in [0.3, 0.4) is 0 Å². The van der Waals surface area contributed by atoms with Crippen LogP contribution >= 0.6 is 0 Å². The van der Waals surface area contributed by atoms with Crippen LogP contribution in [-0.2, 0) is 0 Å². The van der Waals surface area contributed by atoms with Gasteiger partial charge in [-0.2, -0.15) is 0 Å². The number of fused-ring (bicyclic) bond motifs is 7. The zero-order chi connectivity index (χ0) is 28.3. The molecule has 9 rings (SSSR count). The van der Waals surface area contributed by atoms with Crippen LogP contribution in [0.15, 0.2) is 160 Å². The molecule has 202 valence electrons. The SMILES string of the molecule is c1ccc(N(c2ccc3c(c2)oc2ccccc23)c2cccc3ccccc23)c(-c2ccc3c(c2)oc2ccccc23)c1. The molecule has 7 aromatic carbocycles. The first-order chi connectivity index (χ1) is 21.3. The highest BCUT2D eigenvalue weighted by Gasteiger charge is 2.21. The van der Waals surface area contributed by atoms with E-state index < -0.39 is 0 Å². The van der Waals surface area contributed by atoms with E-state index in [1.54, 1.807) is 0 Å². The van der Waals surface area contributed by atoms with Crippen molar-refractivity contribution in [2.24, 2.45) is 0 Å². The molecule has 2 heterocycles. The van der Waals surface area contributed by atoms with Crippen molar-refractivity contribution in [1.29, 1.82) is 0 Å². The molecule has 0 aliphatic rings. The molecular formula is C40H25NO2. The normalized spacial score (nSPS) is 11.7. The van der Waals surface area contributed by atoms with Gasteiger partial charge in [0.15, 0.2) is 0 Å². The first-order valence-corrected chi connectivity index (χ1v) is 14.5. The molecule has 0 fully saturated rings. The summed E-state index contributed by atoms with van der Waals surface area (Å²) in [5.74, 6) is 0. The Morgan fingerprint density at radius 1 is 0.372 bits per heavy atom. The molecule has 3 heteroatoms. The molecule has 0 saturated carbocycles. The minimum Gasteiger partial charge on any atom is -0.456 e. The first kappa shape index (κ1) is 23.9. The number of hydrogen-bond donors (Lipinski definition) is 0. The van der Waals surface area contributed by atoms with Crippen LogP contribution in [0.2, 0.25) is 0 Å². The summed E-state index contributed by atoms with van der Waals surface area (Å²) >= 11 is 0. The Bertz CT molecular complexity index is 2480. The Hall–Kier alpha value is -5.80. The van der Waals surface area contributed by atoms with Gasteiger partial charge in [-0.3, -0.25) is 0 Å². The Kier molecular flexibility index (Phi) is 5.20. The number of furan rings is 2. The van der Waals surface area contributed by atoms with Crippen LogP contribution in [0, 0.1) is 0 Å². The zero-order valence-corrected chi connectivity index (χ0v) is 23.2. The Balaban J connectivity index is 1.30. The summed E-state index contributed by atoms with van der Waals surface area (Å²) in [5, 5.41) is 6.86. The molecule has 2 aromatic heterocycles. The quantitative estimate of drug-likeness (QED) is 0.218. The predicted molar refractivity (Wildman–Crippen MR) is 179 cm³/mol. The maximum Gasteiger partial charge on any atom is 0.137 e. The summed E-state index contributed by atoms with van der Waals surface area (Å²) in [7, 11) is 0. The van der Waals surface area contributed by atoms with Crippen LogP contribution in [0.1, 0.15) is 0 Å². The maximum atomic E-state index is 6.36. The van der Waals surface area contributed by atoms with E-state index in [2.05, 4.69) is 132 Å². The average molecular weight is 552 g/mol. The molecule has 0 aliphatic carbocycles. The standard InChI is InChI=1S/C40H25NO2/c1-2-12-29-26(10-1)11-9-17-36(29)41(28-21-23-34-32-15-5-8-19-38(32)43-40(34)25-28)35-16-6-3-13-30(35)27-20-22-33-31-14-4-7-18-37(31)42-39(33)24-27/h1-25H. The van der Waals surface area contributed by atoms with Gasteiger partial charge in [-0.1, -0.05) is 97.1 Å². The number of anilines is 3. The lowest BCUT2D eigenvalue weighted by Gasteiger charge is -2.29. The molecule has 3 nitrogen and oxygen atoms in total. The second kappa shape index (κ2) is 9.37. The monoisotopic (exact) mass is 551 g/mol. The summed E-state index contributed by atoms with van der Waals surface area (Å²) in [4.78, 5) is 2.35. The topological polar surface area (TPSA) is 29.5 Å². The van der Waals surface area contributed by atoms with E-state index in [0.29, 0.717) is 0 Å². The summed E-state index contributed by atoms with van der Waals surface area (Å²) in [5.41, 5.74) is 8.96. The fraction of sp³-hybridized carbons (Fsp3) is 0. The molecule has 0 aliphatic heterocycles. The van der Waals surface area contributed by atoms with E-state index >= 15 is 0 Å². The highest BCUT2D eigenvalue weighted by Crippen LogP contribution is 2.45. The van der Waals surface area contributed by atoms with Gasteiger partial charge < -0.3 is 13.7 Å². The third-order valence-electron chi connectivity index (χ3n) is 8.46. The van der Waals surface area contributed by atoms with Crippen molar-refractivity contribution in [3.63, 3.8) is 0 Å². The van der Waals surface area contributed by atoms with Gasteiger partial charge in [0.2, 0.25) is 0 Å². The van der Waals surface area contributed by atoms with Gasteiger partial charge in [0.05, 0.1) is 11.4 Å². The minimum atomic E-state index is 0.866. The molecule has 9 aromatic rings. The van der Waals surface area contributed by atoms with E-state index in [1.165, 1.54) is 10.8 Å². The fourth-order valence-electron chi connectivity index (χ4n) is 6.47. The maximum absolute atomic E-state index is 6.36. The summed E-state index contributed by atoms with van der Waals surface area (Å²) in [6, 6.07) is 53.2. The van der Waals surface area contributed by atoms with Crippen LogP contribution in [0.5, 0.6) is 0 Å². The van der Waals surface area contributed by atoms with E-state index in [9.17, 15) is 0 Å². The lowest BCUT2D eigenvalue weighted by atomic mass is 9.99. The number of benzene rings is 7. The van der Waals surface area contributed by atoms with Gasteiger partial charge in [-0.05, 0) is 59.5 Å². The van der Waals surface area contributed by atoms with Crippen molar-refractivity contribution in [2.45, 2.75) is 0 Å². The second-order valence-corrected chi connectivity index (χ2v) is 10.9. The van der Waals surface area contributed by atoms with Gasteiger partial charge in [-0.25, -0.2) is 0 Å². The minimum absolute atomic E-state index is 0.866. The molecular weight excluding hydrogens is 526 g/mol. The number of hydrogen-bond acceptors (Lipinski definition) is 3. The van der Waals surface area contributed by atoms with Crippen LogP contribution < -0.4 is 4.90 Å². The van der Waals surface area contributed by atoms with Crippen molar-refractivity contribution in [1.82, 2.24) is 0 Å². The lowest BCUT2D eigenvalue weighted by molar-refractivity contribution is 0.668. The Morgan fingerprint density at radius 3 is 1.72 bits per heavy atom. The van der Waals surface area contributed by atoms with Crippen LogP contribution in [0.4, 0.5) is 17.1 Å².